The van der Waals surface area contributed by atoms with Crippen LogP contribution in [0.2, 0.25) is 0 Å². The molecule has 0 unspecified atom stereocenters. The normalized spacial score (nSPS) is 15.1. The minimum absolute atomic E-state index is 0.0350. The van der Waals surface area contributed by atoms with Crippen LogP contribution in [0.5, 0.6) is 0 Å². The predicted molar refractivity (Wildman–Crippen MR) is 77.3 cm³/mol. The number of nitrogens with zero attached hydrogens (tertiary/aromatic N) is 5. The third-order valence-corrected chi connectivity index (χ3v) is 3.55. The van der Waals surface area contributed by atoms with Crippen LogP contribution in [0.4, 0.5) is 11.5 Å². The van der Waals surface area contributed by atoms with Gasteiger partial charge in [-0.25, -0.2) is 4.68 Å². The first-order valence-electron chi connectivity index (χ1n) is 6.79. The zero-order valence-corrected chi connectivity index (χ0v) is 12.5. The van der Waals surface area contributed by atoms with Crippen LogP contribution in [0.1, 0.15) is 5.69 Å². The number of nitrogens with one attached hydrogen (secondary N) is 1. The molecule has 1 aliphatic rings. The van der Waals surface area contributed by atoms with Crippen molar-refractivity contribution in [3.63, 3.8) is 0 Å². The van der Waals surface area contributed by atoms with E-state index in [2.05, 4.69) is 10.4 Å². The van der Waals surface area contributed by atoms with Crippen molar-refractivity contribution >= 4 is 17.4 Å². The highest BCUT2D eigenvalue weighted by molar-refractivity contribution is 5.82. The first kappa shape index (κ1) is 15.2. The van der Waals surface area contributed by atoms with Crippen LogP contribution >= 0.6 is 0 Å². The quantitative estimate of drug-likeness (QED) is 0.594. The van der Waals surface area contributed by atoms with E-state index in [1.54, 1.807) is 30.8 Å². The second-order valence-electron chi connectivity index (χ2n) is 5.13. The summed E-state index contributed by atoms with van der Waals surface area (Å²) < 4.78 is 1.44. The lowest BCUT2D eigenvalue weighted by atomic mass is 10.3. The van der Waals surface area contributed by atoms with E-state index in [4.69, 9.17) is 0 Å². The third-order valence-electron chi connectivity index (χ3n) is 3.55. The van der Waals surface area contributed by atoms with Crippen molar-refractivity contribution in [2.24, 2.45) is 7.05 Å². The minimum Gasteiger partial charge on any atom is -0.345 e. The molecule has 2 rings (SSSR count). The molecule has 2 heterocycles. The van der Waals surface area contributed by atoms with Crippen LogP contribution < -0.4 is 10.2 Å². The third kappa shape index (κ3) is 3.13. The number of rotatable bonds is 4. The second-order valence-corrected chi connectivity index (χ2v) is 5.13. The number of aryl methyl sites for hydroxylation is 2. The molecule has 1 aromatic rings. The van der Waals surface area contributed by atoms with Crippen LogP contribution in [-0.2, 0) is 11.8 Å². The molecule has 1 aliphatic heterocycles. The Morgan fingerprint density at radius 1 is 1.48 bits per heavy atom. The summed E-state index contributed by atoms with van der Waals surface area (Å²) in [6.45, 7) is 4.58. The molecule has 1 amide bonds. The number of carbonyl (C=O) groups is 1. The van der Waals surface area contributed by atoms with E-state index in [0.717, 1.165) is 13.1 Å². The number of piperazine rings is 1. The predicted octanol–water partition coefficient (Wildman–Crippen LogP) is -0.495. The highest BCUT2D eigenvalue weighted by atomic mass is 16.6. The maximum atomic E-state index is 12.2. The van der Waals surface area contributed by atoms with E-state index in [0.29, 0.717) is 24.6 Å². The summed E-state index contributed by atoms with van der Waals surface area (Å²) >= 11 is 0. The number of hydrogen-bond acceptors (Lipinski definition) is 6. The molecule has 1 N–H and O–H groups in total. The first-order chi connectivity index (χ1) is 9.91. The Labute approximate surface area is 122 Å². The molecule has 0 bridgehead atoms. The highest BCUT2D eigenvalue weighted by Crippen LogP contribution is 2.29. The lowest BCUT2D eigenvalue weighted by molar-refractivity contribution is -0.384. The number of carbonyl (C=O) groups excluding carboxylic acids is 1. The van der Waals surface area contributed by atoms with Crippen LogP contribution in [-0.4, -0.2) is 65.3 Å². The van der Waals surface area contributed by atoms with Crippen molar-refractivity contribution < 1.29 is 9.72 Å². The van der Waals surface area contributed by atoms with Gasteiger partial charge in [-0.05, 0) is 6.92 Å². The fraction of sp³-hybridized carbons (Fsp3) is 0.667. The molecule has 21 heavy (non-hydrogen) atoms. The first-order valence-corrected chi connectivity index (χ1v) is 6.79. The van der Waals surface area contributed by atoms with Crippen LogP contribution in [0.3, 0.4) is 0 Å². The van der Waals surface area contributed by atoms with Gasteiger partial charge < -0.3 is 15.1 Å². The number of amides is 1. The molecule has 9 heteroatoms. The number of anilines is 1. The number of nitro groups is 1. The highest BCUT2D eigenvalue weighted by Gasteiger charge is 2.28. The van der Waals surface area contributed by atoms with Gasteiger partial charge in [0.1, 0.15) is 5.69 Å². The van der Waals surface area contributed by atoms with Crippen molar-refractivity contribution in [2.75, 3.05) is 44.7 Å². The maximum absolute atomic E-state index is 12.2. The zero-order valence-electron chi connectivity index (χ0n) is 12.5. The summed E-state index contributed by atoms with van der Waals surface area (Å²) in [6, 6.07) is 0. The number of hydrogen-bond donors (Lipinski definition) is 1. The Bertz CT molecular complexity index is 549. The molecule has 0 atom stereocenters. The standard InChI is InChI=1S/C12H20N6O3/c1-9-11(18(20)21)12(16(3)14-9)15(2)8-10(19)17-6-4-13-5-7-17/h13H,4-8H2,1-3H3. The molecule has 0 saturated carbocycles. The van der Waals surface area contributed by atoms with Gasteiger partial charge in [0, 0.05) is 40.3 Å². The molecule has 0 aromatic carbocycles. The molecule has 1 saturated heterocycles. The summed E-state index contributed by atoms with van der Waals surface area (Å²) in [5.41, 5.74) is 0.298. The molecule has 0 radical (unpaired) electrons. The minimum atomic E-state index is -0.455. The lowest BCUT2D eigenvalue weighted by Gasteiger charge is -2.29. The van der Waals surface area contributed by atoms with Crippen LogP contribution in [0, 0.1) is 17.0 Å². The molecular weight excluding hydrogens is 276 g/mol. The molecule has 1 aromatic heterocycles. The van der Waals surface area contributed by atoms with Crippen molar-refractivity contribution in [3.05, 3.63) is 15.8 Å². The summed E-state index contributed by atoms with van der Waals surface area (Å²) in [5, 5.41) is 18.4. The monoisotopic (exact) mass is 296 g/mol. The molecule has 0 spiro atoms. The van der Waals surface area contributed by atoms with Gasteiger partial charge in [0.2, 0.25) is 11.7 Å². The van der Waals surface area contributed by atoms with Gasteiger partial charge in [0.15, 0.2) is 0 Å². The summed E-state index contributed by atoms with van der Waals surface area (Å²) in [5.74, 6) is 0.313. The van der Waals surface area contributed by atoms with Gasteiger partial charge in [-0.2, -0.15) is 5.10 Å². The van der Waals surface area contributed by atoms with Crippen molar-refractivity contribution in [1.29, 1.82) is 0 Å². The molecule has 0 aliphatic carbocycles. The van der Waals surface area contributed by atoms with Gasteiger partial charge in [-0.15, -0.1) is 0 Å². The molecule has 1 fully saturated rings. The maximum Gasteiger partial charge on any atom is 0.333 e. The van der Waals surface area contributed by atoms with Crippen molar-refractivity contribution in [3.8, 4) is 0 Å². The topological polar surface area (TPSA) is 96.5 Å². The van der Waals surface area contributed by atoms with E-state index in [9.17, 15) is 14.9 Å². The lowest BCUT2D eigenvalue weighted by Crippen LogP contribution is -2.49. The average Bonchev–Trinajstić information content (AvgIpc) is 2.74. The average molecular weight is 296 g/mol. The fourth-order valence-electron chi connectivity index (χ4n) is 2.57. The Hall–Kier alpha value is -2.16. The Morgan fingerprint density at radius 3 is 2.67 bits per heavy atom. The van der Waals surface area contributed by atoms with Crippen LogP contribution in [0.25, 0.3) is 0 Å². The van der Waals surface area contributed by atoms with Gasteiger partial charge in [0.05, 0.1) is 11.5 Å². The molecule has 9 nitrogen and oxygen atoms in total. The number of likely N-dealkylation sites (N-methyl/N-ethyl adjacent to an activating group) is 1. The zero-order chi connectivity index (χ0) is 15.6. The van der Waals surface area contributed by atoms with E-state index in [-0.39, 0.29) is 18.1 Å². The fourth-order valence-corrected chi connectivity index (χ4v) is 2.57. The SMILES string of the molecule is Cc1nn(C)c(N(C)CC(=O)N2CCNCC2)c1[N+](=O)[O-]. The van der Waals surface area contributed by atoms with E-state index >= 15 is 0 Å². The Balaban J connectivity index is 2.14. The van der Waals surface area contributed by atoms with E-state index in [1.807, 2.05) is 0 Å². The summed E-state index contributed by atoms with van der Waals surface area (Å²) in [6.07, 6.45) is 0. The Kier molecular flexibility index (Phi) is 4.41. The summed E-state index contributed by atoms with van der Waals surface area (Å²) in [7, 11) is 3.31. The van der Waals surface area contributed by atoms with Gasteiger partial charge in [0.25, 0.3) is 0 Å². The van der Waals surface area contributed by atoms with Gasteiger partial charge >= 0.3 is 5.69 Å². The van der Waals surface area contributed by atoms with Gasteiger partial charge in [-0.3, -0.25) is 14.9 Å². The Morgan fingerprint density at radius 2 is 2.10 bits per heavy atom. The number of aromatic nitrogens is 2. The smallest absolute Gasteiger partial charge is 0.333 e. The second kappa shape index (κ2) is 6.08. The van der Waals surface area contributed by atoms with E-state index < -0.39 is 4.92 Å². The largest absolute Gasteiger partial charge is 0.345 e. The van der Waals surface area contributed by atoms with Crippen molar-refractivity contribution in [1.82, 2.24) is 20.0 Å². The molecular formula is C12H20N6O3. The molecule has 116 valence electrons. The van der Waals surface area contributed by atoms with Crippen LogP contribution in [0.15, 0.2) is 0 Å². The van der Waals surface area contributed by atoms with E-state index in [1.165, 1.54) is 4.68 Å². The summed E-state index contributed by atoms with van der Waals surface area (Å²) in [4.78, 5) is 26.3. The van der Waals surface area contributed by atoms with Crippen molar-refractivity contribution in [2.45, 2.75) is 6.92 Å². The van der Waals surface area contributed by atoms with Gasteiger partial charge in [-0.1, -0.05) is 0 Å².